The number of nitrogens with zero attached hydrogens (tertiary/aromatic N) is 2. The second-order valence-electron chi connectivity index (χ2n) is 10.6. The van der Waals surface area contributed by atoms with Gasteiger partial charge in [-0.1, -0.05) is 59.4 Å². The Morgan fingerprint density at radius 2 is 1.94 bits per heavy atom. The van der Waals surface area contributed by atoms with E-state index < -0.39 is 8.32 Å². The molecule has 0 spiro atoms. The summed E-state index contributed by atoms with van der Waals surface area (Å²) in [4.78, 5) is 6.50. The van der Waals surface area contributed by atoms with Crippen molar-refractivity contribution in [3.63, 3.8) is 0 Å². The Morgan fingerprint density at radius 3 is 2.52 bits per heavy atom. The second-order valence-corrected chi connectivity index (χ2v) is 17.0. The van der Waals surface area contributed by atoms with Gasteiger partial charge < -0.3 is 4.43 Å². The van der Waals surface area contributed by atoms with Crippen LogP contribution in [0.15, 0.2) is 47.5 Å². The molecule has 0 radical (unpaired) electrons. The minimum atomic E-state index is -1.90. The van der Waals surface area contributed by atoms with Crippen molar-refractivity contribution < 1.29 is 23.3 Å². The fourth-order valence-electron chi connectivity index (χ4n) is 4.15. The van der Waals surface area contributed by atoms with Gasteiger partial charge in [0.1, 0.15) is 5.75 Å². The molecule has 1 aliphatic rings. The maximum atomic E-state index is 6.67. The fraction of sp³-hybridized carbons (Fsp3) is 0.538. The molecule has 1 aliphatic heterocycles. The molecular formula is C26H38BrLiN2OSSi. The van der Waals surface area contributed by atoms with E-state index in [1.165, 1.54) is 10.4 Å². The van der Waals surface area contributed by atoms with E-state index in [1.807, 2.05) is 6.08 Å². The van der Waals surface area contributed by atoms with Crippen molar-refractivity contribution in [2.45, 2.75) is 70.9 Å². The van der Waals surface area contributed by atoms with Crippen LogP contribution in [0.2, 0.25) is 18.1 Å². The smallest absolute Gasteiger partial charge is 0.543 e. The van der Waals surface area contributed by atoms with E-state index in [2.05, 4.69) is 116 Å². The number of piperazine rings is 1. The Morgan fingerprint density at radius 1 is 1.24 bits per heavy atom. The van der Waals surface area contributed by atoms with Crippen molar-refractivity contribution >= 4 is 35.6 Å². The molecule has 33 heavy (non-hydrogen) atoms. The molecule has 0 aliphatic carbocycles. The van der Waals surface area contributed by atoms with Gasteiger partial charge in [-0.05, 0) is 49.7 Å². The van der Waals surface area contributed by atoms with E-state index in [1.54, 1.807) is 11.3 Å². The molecule has 7 heteroatoms. The first-order valence-corrected chi connectivity index (χ1v) is 16.0. The number of halogens is 1. The SMILES string of the molecule is C=CCN1C[C@H](C)N([C@@H](c2cccc(O[Si](C)(C)C(C)(C)C)c2)c2cc(Br)[c-]s2)C[C@H]1C.[Li+]. The first-order valence-electron chi connectivity index (χ1n) is 11.5. The van der Waals surface area contributed by atoms with Gasteiger partial charge in [0.25, 0.3) is 0 Å². The van der Waals surface area contributed by atoms with Crippen LogP contribution in [0.4, 0.5) is 0 Å². The number of thiophene rings is 1. The van der Waals surface area contributed by atoms with Gasteiger partial charge in [-0.15, -0.1) is 16.8 Å². The van der Waals surface area contributed by atoms with Gasteiger partial charge >= 0.3 is 18.9 Å². The molecule has 3 nitrogen and oxygen atoms in total. The van der Waals surface area contributed by atoms with E-state index in [4.69, 9.17) is 4.43 Å². The quantitative estimate of drug-likeness (QED) is 0.294. The first kappa shape index (κ1) is 28.9. The monoisotopic (exact) mass is 540 g/mol. The second kappa shape index (κ2) is 11.6. The van der Waals surface area contributed by atoms with E-state index in [0.717, 1.165) is 29.9 Å². The molecule has 176 valence electrons. The van der Waals surface area contributed by atoms with Crippen LogP contribution in [-0.2, 0) is 0 Å². The van der Waals surface area contributed by atoms with Crippen molar-refractivity contribution in [3.8, 4) is 5.75 Å². The summed E-state index contributed by atoms with van der Waals surface area (Å²) < 4.78 is 7.70. The van der Waals surface area contributed by atoms with Crippen LogP contribution in [0.3, 0.4) is 0 Å². The van der Waals surface area contributed by atoms with Crippen LogP contribution in [0.1, 0.15) is 51.1 Å². The summed E-state index contributed by atoms with van der Waals surface area (Å²) in [6.07, 6.45) is 2.02. The molecule has 0 amide bonds. The predicted molar refractivity (Wildman–Crippen MR) is 144 cm³/mol. The Bertz CT molecular complexity index is 929. The number of rotatable bonds is 7. The van der Waals surface area contributed by atoms with E-state index in [9.17, 15) is 0 Å². The molecule has 0 unspecified atom stereocenters. The van der Waals surface area contributed by atoms with Crippen LogP contribution < -0.4 is 23.3 Å². The summed E-state index contributed by atoms with van der Waals surface area (Å²) in [6.45, 7) is 23.1. The zero-order chi connectivity index (χ0) is 23.7. The van der Waals surface area contributed by atoms with Gasteiger partial charge in [0.05, 0.1) is 0 Å². The van der Waals surface area contributed by atoms with Crippen LogP contribution in [-0.4, -0.2) is 49.8 Å². The van der Waals surface area contributed by atoms with Crippen molar-refractivity contribution in [2.75, 3.05) is 19.6 Å². The summed E-state index contributed by atoms with van der Waals surface area (Å²) in [5.41, 5.74) is 1.29. The third-order valence-corrected chi connectivity index (χ3v) is 13.0. The van der Waals surface area contributed by atoms with Gasteiger partial charge in [-0.2, -0.15) is 6.07 Å². The number of hydrogen-bond donors (Lipinski definition) is 0. The molecule has 2 aromatic rings. The normalized spacial score (nSPS) is 21.3. The van der Waals surface area contributed by atoms with Gasteiger partial charge in [0, 0.05) is 37.8 Å². The summed E-state index contributed by atoms with van der Waals surface area (Å²) >= 11 is 5.34. The standard InChI is InChI=1S/C26H38BrN2OSSi.Li/c1-9-13-28-16-20(3)29(17-19(28)2)25(24-15-22(27)18-31-24)21-11-10-12-23(14-21)30-32(7,8)26(4,5)6;/h9-12,14-15,19-20,25H,1,13,16-17H2,2-8H3;/q-1;+1/t19-,20+,25+;/m1./s1. The predicted octanol–water partition coefficient (Wildman–Crippen LogP) is 4.37. The zero-order valence-electron chi connectivity index (χ0n) is 21.6. The van der Waals surface area contributed by atoms with Crippen molar-refractivity contribution in [1.29, 1.82) is 0 Å². The van der Waals surface area contributed by atoms with E-state index >= 15 is 0 Å². The Hall–Kier alpha value is -0.326. The van der Waals surface area contributed by atoms with Crippen molar-refractivity contribution in [1.82, 2.24) is 9.80 Å². The molecular weight excluding hydrogens is 503 g/mol. The molecule has 0 saturated carbocycles. The van der Waals surface area contributed by atoms with Gasteiger partial charge in [0.15, 0.2) is 0 Å². The maximum Gasteiger partial charge on any atom is 1.00 e. The van der Waals surface area contributed by atoms with Crippen LogP contribution >= 0.6 is 27.3 Å². The Labute approximate surface area is 227 Å². The molecule has 1 fully saturated rings. The summed E-state index contributed by atoms with van der Waals surface area (Å²) in [5, 5.41) is 3.54. The van der Waals surface area contributed by atoms with Gasteiger partial charge in [-0.25, -0.2) is 0 Å². The van der Waals surface area contributed by atoms with Crippen molar-refractivity contribution in [2.24, 2.45) is 0 Å². The summed E-state index contributed by atoms with van der Waals surface area (Å²) in [7, 11) is -1.90. The molecule has 0 N–H and O–H groups in total. The molecule has 3 rings (SSSR count). The number of benzene rings is 1. The average molecular weight is 542 g/mol. The molecule has 2 heterocycles. The molecule has 0 bridgehead atoms. The Kier molecular flexibility index (Phi) is 10.2. The summed E-state index contributed by atoms with van der Waals surface area (Å²) in [6, 6.07) is 12.1. The average Bonchev–Trinajstić information content (AvgIpc) is 3.11. The van der Waals surface area contributed by atoms with Gasteiger partial charge in [0.2, 0.25) is 8.32 Å². The molecule has 1 aromatic heterocycles. The largest absolute Gasteiger partial charge is 1.00 e. The van der Waals surface area contributed by atoms with Crippen LogP contribution in [0.5, 0.6) is 5.75 Å². The van der Waals surface area contributed by atoms with E-state index in [-0.39, 0.29) is 29.9 Å². The minimum absolute atomic E-state index is 0. The zero-order valence-corrected chi connectivity index (χ0v) is 25.0. The van der Waals surface area contributed by atoms with Crippen LogP contribution in [0, 0.1) is 5.38 Å². The summed E-state index contributed by atoms with van der Waals surface area (Å²) in [5.74, 6) is 0.990. The molecule has 1 saturated heterocycles. The first-order chi connectivity index (χ1) is 14.9. The minimum Gasteiger partial charge on any atom is -0.543 e. The van der Waals surface area contributed by atoms with Crippen molar-refractivity contribution in [3.05, 3.63) is 63.3 Å². The van der Waals surface area contributed by atoms with E-state index in [0.29, 0.717) is 12.1 Å². The Balaban J connectivity index is 0.00000385. The number of hydrogen-bond acceptors (Lipinski definition) is 4. The topological polar surface area (TPSA) is 15.7 Å². The fourth-order valence-corrected chi connectivity index (χ4v) is 6.64. The molecule has 3 atom stereocenters. The maximum absolute atomic E-state index is 6.67. The molecule has 1 aromatic carbocycles. The van der Waals surface area contributed by atoms with Crippen LogP contribution in [0.25, 0.3) is 0 Å². The van der Waals surface area contributed by atoms with Gasteiger partial charge in [-0.3, -0.25) is 21.1 Å². The third kappa shape index (κ3) is 6.88. The third-order valence-electron chi connectivity index (χ3n) is 7.02.